The van der Waals surface area contributed by atoms with Crippen molar-refractivity contribution in [1.82, 2.24) is 5.32 Å². The lowest BCUT2D eigenvalue weighted by Crippen LogP contribution is -2.25. The van der Waals surface area contributed by atoms with Gasteiger partial charge < -0.3 is 0 Å². The lowest BCUT2D eigenvalue weighted by molar-refractivity contribution is -0.126. The second-order valence-electron chi connectivity index (χ2n) is 3.85. The van der Waals surface area contributed by atoms with Crippen LogP contribution < -0.4 is 5.32 Å². The molecule has 1 heterocycles. The first-order valence-electron chi connectivity index (χ1n) is 4.30. The summed E-state index contributed by atoms with van der Waals surface area (Å²) in [5.74, 6) is 0.501. The average molecular weight is 163 g/mol. The van der Waals surface area contributed by atoms with Gasteiger partial charge >= 0.3 is 0 Å². The largest absolute Gasteiger partial charge is 0.296 e. The number of carbonyl (C=O) groups is 2. The molecular formula is C9H9NO2. The monoisotopic (exact) mass is 163 g/mol. The quantitative estimate of drug-likeness (QED) is 0.406. The molecule has 1 saturated carbocycles. The Kier molecular flexibility index (Phi) is 0.953. The van der Waals surface area contributed by atoms with Crippen LogP contribution in [0.15, 0.2) is 12.2 Å². The molecule has 0 radical (unpaired) electrons. The minimum atomic E-state index is -0.0538. The number of carbonyl (C=O) groups excluding carboxylic acids is 2. The van der Waals surface area contributed by atoms with Crippen LogP contribution in [0.4, 0.5) is 0 Å². The predicted molar refractivity (Wildman–Crippen MR) is 40.9 cm³/mol. The molecule has 12 heavy (non-hydrogen) atoms. The highest BCUT2D eigenvalue weighted by Gasteiger charge is 2.55. The van der Waals surface area contributed by atoms with Gasteiger partial charge in [0, 0.05) is 0 Å². The zero-order valence-corrected chi connectivity index (χ0v) is 6.49. The molecule has 1 aliphatic heterocycles. The van der Waals surface area contributed by atoms with Gasteiger partial charge in [-0.15, -0.1) is 0 Å². The number of imide groups is 1. The van der Waals surface area contributed by atoms with Gasteiger partial charge in [-0.2, -0.15) is 0 Å². The fourth-order valence-corrected chi connectivity index (χ4v) is 2.83. The van der Waals surface area contributed by atoms with Gasteiger partial charge in [-0.1, -0.05) is 12.2 Å². The summed E-state index contributed by atoms with van der Waals surface area (Å²) in [4.78, 5) is 22.6. The number of allylic oxidation sites excluding steroid dienone is 2. The lowest BCUT2D eigenvalue weighted by Gasteiger charge is -2.14. The molecule has 1 saturated heterocycles. The van der Waals surface area contributed by atoms with Crippen molar-refractivity contribution in [3.05, 3.63) is 12.2 Å². The standard InChI is InChI=1S/C9H9NO2/c11-8-6-4-1-2-5(3-4)7(6)9(12)10-8/h1-2,4-7H,3H2,(H,10,11,12)/t4-,5?,6-,7?/m0/s1. The summed E-state index contributed by atoms with van der Waals surface area (Å²) in [6, 6.07) is 0. The van der Waals surface area contributed by atoms with Crippen LogP contribution in [0.5, 0.6) is 0 Å². The van der Waals surface area contributed by atoms with E-state index in [1.807, 2.05) is 0 Å². The number of fused-ring (bicyclic) bond motifs is 5. The molecule has 3 rings (SSSR count). The molecule has 2 amide bonds. The number of rotatable bonds is 0. The van der Waals surface area contributed by atoms with Gasteiger partial charge in [-0.3, -0.25) is 14.9 Å². The first kappa shape index (κ1) is 6.40. The molecule has 4 atom stereocenters. The Morgan fingerprint density at radius 3 is 2.08 bits per heavy atom. The Balaban J connectivity index is 2.08. The van der Waals surface area contributed by atoms with E-state index in [9.17, 15) is 9.59 Å². The summed E-state index contributed by atoms with van der Waals surface area (Å²) in [7, 11) is 0. The fourth-order valence-electron chi connectivity index (χ4n) is 2.83. The summed E-state index contributed by atoms with van der Waals surface area (Å²) < 4.78 is 0. The Morgan fingerprint density at radius 2 is 1.58 bits per heavy atom. The predicted octanol–water partition coefficient (Wildman–Crippen LogP) is 0.0811. The molecule has 2 aliphatic carbocycles. The van der Waals surface area contributed by atoms with E-state index in [4.69, 9.17) is 0 Å². The highest BCUT2D eigenvalue weighted by molar-refractivity contribution is 6.06. The van der Waals surface area contributed by atoms with Gasteiger partial charge in [0.25, 0.3) is 0 Å². The molecule has 3 aliphatic rings. The molecule has 0 spiro atoms. The van der Waals surface area contributed by atoms with E-state index in [2.05, 4.69) is 17.5 Å². The second kappa shape index (κ2) is 1.79. The zero-order chi connectivity index (χ0) is 8.29. The smallest absolute Gasteiger partial charge is 0.231 e. The first-order valence-corrected chi connectivity index (χ1v) is 4.30. The van der Waals surface area contributed by atoms with E-state index in [-0.39, 0.29) is 23.7 Å². The number of amides is 2. The first-order chi connectivity index (χ1) is 5.77. The van der Waals surface area contributed by atoms with Crippen LogP contribution in [0, 0.1) is 23.7 Å². The molecule has 3 heteroatoms. The van der Waals surface area contributed by atoms with E-state index in [0.29, 0.717) is 11.8 Å². The average Bonchev–Trinajstić information content (AvgIpc) is 2.64. The van der Waals surface area contributed by atoms with Crippen LogP contribution in [0.2, 0.25) is 0 Å². The Labute approximate surface area is 69.8 Å². The fraction of sp³-hybridized carbons (Fsp3) is 0.556. The third-order valence-electron chi connectivity index (χ3n) is 3.31. The van der Waals surface area contributed by atoms with Gasteiger partial charge in [0.15, 0.2) is 0 Å². The molecule has 3 nitrogen and oxygen atoms in total. The zero-order valence-electron chi connectivity index (χ0n) is 6.49. The van der Waals surface area contributed by atoms with Crippen LogP contribution in [0.1, 0.15) is 6.42 Å². The van der Waals surface area contributed by atoms with Crippen molar-refractivity contribution < 1.29 is 9.59 Å². The molecule has 0 aromatic heterocycles. The van der Waals surface area contributed by atoms with E-state index in [0.717, 1.165) is 6.42 Å². The van der Waals surface area contributed by atoms with Crippen molar-refractivity contribution in [1.29, 1.82) is 0 Å². The molecule has 2 fully saturated rings. The summed E-state index contributed by atoms with van der Waals surface area (Å²) >= 11 is 0. The van der Waals surface area contributed by atoms with Crippen LogP contribution in [-0.2, 0) is 9.59 Å². The third kappa shape index (κ3) is 0.543. The van der Waals surface area contributed by atoms with Gasteiger partial charge in [-0.05, 0) is 18.3 Å². The SMILES string of the molecule is O=C1NC(=O)[C@@H]2C1C1C=C[C@H]2C1. The van der Waals surface area contributed by atoms with Crippen LogP contribution in [0.25, 0.3) is 0 Å². The highest BCUT2D eigenvalue weighted by atomic mass is 16.2. The van der Waals surface area contributed by atoms with Crippen molar-refractivity contribution in [3.63, 3.8) is 0 Å². The normalized spacial score (nSPS) is 48.3. The molecule has 0 aromatic rings. The van der Waals surface area contributed by atoms with Crippen molar-refractivity contribution >= 4 is 11.8 Å². The lowest BCUT2D eigenvalue weighted by atomic mass is 9.85. The number of nitrogens with one attached hydrogen (secondary N) is 1. The van der Waals surface area contributed by atoms with Gasteiger partial charge in [-0.25, -0.2) is 0 Å². The van der Waals surface area contributed by atoms with Crippen LogP contribution in [0.3, 0.4) is 0 Å². The van der Waals surface area contributed by atoms with Gasteiger partial charge in [0.2, 0.25) is 11.8 Å². The summed E-state index contributed by atoms with van der Waals surface area (Å²) in [6.45, 7) is 0. The number of hydrogen-bond donors (Lipinski definition) is 1. The molecule has 1 N–H and O–H groups in total. The van der Waals surface area contributed by atoms with E-state index in [1.54, 1.807) is 0 Å². The van der Waals surface area contributed by atoms with E-state index >= 15 is 0 Å². The van der Waals surface area contributed by atoms with Crippen LogP contribution >= 0.6 is 0 Å². The van der Waals surface area contributed by atoms with Crippen molar-refractivity contribution in [2.75, 3.05) is 0 Å². The Bertz CT molecular complexity index is 280. The van der Waals surface area contributed by atoms with Gasteiger partial charge in [0.1, 0.15) is 0 Å². The minimum Gasteiger partial charge on any atom is -0.296 e. The van der Waals surface area contributed by atoms with Crippen molar-refractivity contribution in [2.45, 2.75) is 6.42 Å². The molecule has 2 bridgehead atoms. The molecule has 62 valence electrons. The topological polar surface area (TPSA) is 46.2 Å². The molecular weight excluding hydrogens is 154 g/mol. The van der Waals surface area contributed by atoms with Crippen molar-refractivity contribution in [3.8, 4) is 0 Å². The Morgan fingerprint density at radius 1 is 1.08 bits per heavy atom. The second-order valence-corrected chi connectivity index (χ2v) is 3.85. The maximum absolute atomic E-state index is 11.3. The molecule has 0 aromatic carbocycles. The van der Waals surface area contributed by atoms with Gasteiger partial charge in [0.05, 0.1) is 11.8 Å². The van der Waals surface area contributed by atoms with Crippen molar-refractivity contribution in [2.24, 2.45) is 23.7 Å². The Hall–Kier alpha value is -1.12. The molecule has 2 unspecified atom stereocenters. The summed E-state index contributed by atoms with van der Waals surface area (Å²) in [5, 5.41) is 2.40. The highest BCUT2D eigenvalue weighted by Crippen LogP contribution is 2.50. The third-order valence-corrected chi connectivity index (χ3v) is 3.31. The van der Waals surface area contributed by atoms with E-state index in [1.165, 1.54) is 0 Å². The van der Waals surface area contributed by atoms with Crippen LogP contribution in [-0.4, -0.2) is 11.8 Å². The minimum absolute atomic E-state index is 0.0347. The van der Waals surface area contributed by atoms with E-state index < -0.39 is 0 Å². The number of hydrogen-bond acceptors (Lipinski definition) is 2. The maximum Gasteiger partial charge on any atom is 0.231 e. The summed E-state index contributed by atoms with van der Waals surface area (Å²) in [6.07, 6.45) is 5.18. The maximum atomic E-state index is 11.3. The summed E-state index contributed by atoms with van der Waals surface area (Å²) in [5.41, 5.74) is 0.